The SMILES string of the molecule is Cn1ncc2c(N3CCC(NC(=O)c4ccccc4)CC3)ncnc21. The number of amides is 1. The highest BCUT2D eigenvalue weighted by molar-refractivity contribution is 5.94. The molecule has 1 amide bonds. The Hall–Kier alpha value is -2.96. The molecule has 7 nitrogen and oxygen atoms in total. The van der Waals surface area contributed by atoms with E-state index in [0.29, 0.717) is 5.56 Å². The predicted octanol–water partition coefficient (Wildman–Crippen LogP) is 1.76. The van der Waals surface area contributed by atoms with Crippen LogP contribution in [0.2, 0.25) is 0 Å². The van der Waals surface area contributed by atoms with E-state index in [9.17, 15) is 4.79 Å². The van der Waals surface area contributed by atoms with Gasteiger partial charge in [-0.3, -0.25) is 9.48 Å². The highest BCUT2D eigenvalue weighted by Gasteiger charge is 2.23. The van der Waals surface area contributed by atoms with Crippen LogP contribution in [0.1, 0.15) is 23.2 Å². The van der Waals surface area contributed by atoms with Gasteiger partial charge in [-0.2, -0.15) is 5.10 Å². The van der Waals surface area contributed by atoms with E-state index in [-0.39, 0.29) is 11.9 Å². The molecule has 3 heterocycles. The second kappa shape index (κ2) is 6.51. The number of carbonyl (C=O) groups is 1. The largest absolute Gasteiger partial charge is 0.356 e. The van der Waals surface area contributed by atoms with Gasteiger partial charge < -0.3 is 10.2 Å². The van der Waals surface area contributed by atoms with Crippen LogP contribution in [0.3, 0.4) is 0 Å². The third-order valence-corrected chi connectivity index (χ3v) is 4.67. The smallest absolute Gasteiger partial charge is 0.251 e. The number of rotatable bonds is 3. The van der Waals surface area contributed by atoms with Crippen LogP contribution >= 0.6 is 0 Å². The summed E-state index contributed by atoms with van der Waals surface area (Å²) in [6.45, 7) is 1.70. The highest BCUT2D eigenvalue weighted by atomic mass is 16.1. The second-order valence-corrected chi connectivity index (χ2v) is 6.30. The van der Waals surface area contributed by atoms with Crippen LogP contribution in [0.4, 0.5) is 5.82 Å². The van der Waals surface area contributed by atoms with Crippen LogP contribution in [0.15, 0.2) is 42.9 Å². The molecule has 0 saturated carbocycles. The normalized spacial score (nSPS) is 15.5. The van der Waals surface area contributed by atoms with Gasteiger partial charge >= 0.3 is 0 Å². The summed E-state index contributed by atoms with van der Waals surface area (Å²) in [5.74, 6) is 0.918. The monoisotopic (exact) mass is 336 g/mol. The Morgan fingerprint density at radius 3 is 2.68 bits per heavy atom. The van der Waals surface area contributed by atoms with E-state index in [1.54, 1.807) is 11.0 Å². The molecule has 0 spiro atoms. The zero-order chi connectivity index (χ0) is 17.2. The molecule has 1 aliphatic heterocycles. The summed E-state index contributed by atoms with van der Waals surface area (Å²) in [7, 11) is 1.88. The number of aromatic nitrogens is 4. The molecule has 1 aromatic carbocycles. The lowest BCUT2D eigenvalue weighted by Crippen LogP contribution is -2.45. The van der Waals surface area contributed by atoms with E-state index in [2.05, 4.69) is 25.3 Å². The third-order valence-electron chi connectivity index (χ3n) is 4.67. The summed E-state index contributed by atoms with van der Waals surface area (Å²) < 4.78 is 1.76. The fraction of sp³-hybridized carbons (Fsp3) is 0.333. The number of aryl methyl sites for hydroxylation is 1. The maximum absolute atomic E-state index is 12.3. The van der Waals surface area contributed by atoms with Crippen molar-refractivity contribution in [3.8, 4) is 0 Å². The van der Waals surface area contributed by atoms with Crippen LogP contribution in [-0.4, -0.2) is 44.8 Å². The second-order valence-electron chi connectivity index (χ2n) is 6.30. The zero-order valence-electron chi connectivity index (χ0n) is 14.1. The Labute approximate surface area is 145 Å². The van der Waals surface area contributed by atoms with Crippen molar-refractivity contribution in [3.63, 3.8) is 0 Å². The molecule has 0 aliphatic carbocycles. The number of anilines is 1. The van der Waals surface area contributed by atoms with Crippen LogP contribution < -0.4 is 10.2 Å². The highest BCUT2D eigenvalue weighted by Crippen LogP contribution is 2.25. The Morgan fingerprint density at radius 2 is 1.92 bits per heavy atom. The van der Waals surface area contributed by atoms with Crippen molar-refractivity contribution in [2.75, 3.05) is 18.0 Å². The quantitative estimate of drug-likeness (QED) is 0.789. The van der Waals surface area contributed by atoms with E-state index in [1.165, 1.54) is 0 Å². The Morgan fingerprint density at radius 1 is 1.16 bits per heavy atom. The Balaban J connectivity index is 1.42. The summed E-state index contributed by atoms with van der Waals surface area (Å²) in [5.41, 5.74) is 1.54. The number of fused-ring (bicyclic) bond motifs is 1. The van der Waals surface area contributed by atoms with Crippen molar-refractivity contribution < 1.29 is 4.79 Å². The molecular formula is C18H20N6O. The Bertz CT molecular complexity index is 883. The van der Waals surface area contributed by atoms with Crippen molar-refractivity contribution >= 4 is 22.8 Å². The number of piperidine rings is 1. The lowest BCUT2D eigenvalue weighted by Gasteiger charge is -2.33. The van der Waals surface area contributed by atoms with Gasteiger partial charge in [0, 0.05) is 31.7 Å². The number of hydrogen-bond donors (Lipinski definition) is 1. The molecule has 25 heavy (non-hydrogen) atoms. The van der Waals surface area contributed by atoms with Gasteiger partial charge in [-0.25, -0.2) is 9.97 Å². The third kappa shape index (κ3) is 3.05. The molecule has 1 saturated heterocycles. The first kappa shape index (κ1) is 15.6. The van der Waals surface area contributed by atoms with E-state index in [0.717, 1.165) is 42.8 Å². The molecule has 0 bridgehead atoms. The van der Waals surface area contributed by atoms with Gasteiger partial charge in [-0.15, -0.1) is 0 Å². The van der Waals surface area contributed by atoms with E-state index in [4.69, 9.17) is 0 Å². The van der Waals surface area contributed by atoms with Crippen LogP contribution in [0, 0.1) is 0 Å². The molecule has 2 aromatic heterocycles. The first-order valence-corrected chi connectivity index (χ1v) is 8.46. The molecule has 7 heteroatoms. The number of hydrogen-bond acceptors (Lipinski definition) is 5. The van der Waals surface area contributed by atoms with Gasteiger partial charge in [0.1, 0.15) is 12.1 Å². The molecule has 1 aliphatic rings. The van der Waals surface area contributed by atoms with Crippen molar-refractivity contribution in [1.29, 1.82) is 0 Å². The average molecular weight is 336 g/mol. The van der Waals surface area contributed by atoms with Crippen LogP contribution in [0.5, 0.6) is 0 Å². The lowest BCUT2D eigenvalue weighted by atomic mass is 10.0. The van der Waals surface area contributed by atoms with Gasteiger partial charge in [0.05, 0.1) is 11.6 Å². The topological polar surface area (TPSA) is 75.9 Å². The predicted molar refractivity (Wildman–Crippen MR) is 95.4 cm³/mol. The molecule has 4 rings (SSSR count). The molecule has 1 N–H and O–H groups in total. The van der Waals surface area contributed by atoms with Crippen molar-refractivity contribution in [1.82, 2.24) is 25.1 Å². The van der Waals surface area contributed by atoms with Gasteiger partial charge in [0.25, 0.3) is 5.91 Å². The number of nitrogens with zero attached hydrogens (tertiary/aromatic N) is 5. The molecular weight excluding hydrogens is 316 g/mol. The number of carbonyl (C=O) groups excluding carboxylic acids is 1. The van der Waals surface area contributed by atoms with Crippen LogP contribution in [-0.2, 0) is 7.05 Å². The van der Waals surface area contributed by atoms with Gasteiger partial charge in [0.2, 0.25) is 0 Å². The molecule has 128 valence electrons. The molecule has 0 unspecified atom stereocenters. The van der Waals surface area contributed by atoms with Gasteiger partial charge in [-0.05, 0) is 25.0 Å². The summed E-state index contributed by atoms with van der Waals surface area (Å²) >= 11 is 0. The van der Waals surface area contributed by atoms with Crippen LogP contribution in [0.25, 0.3) is 11.0 Å². The van der Waals surface area contributed by atoms with Crippen molar-refractivity contribution in [3.05, 3.63) is 48.4 Å². The van der Waals surface area contributed by atoms with Gasteiger partial charge in [0.15, 0.2) is 5.65 Å². The molecule has 0 atom stereocenters. The van der Waals surface area contributed by atoms with Gasteiger partial charge in [-0.1, -0.05) is 18.2 Å². The molecule has 3 aromatic rings. The molecule has 0 radical (unpaired) electrons. The van der Waals surface area contributed by atoms with E-state index in [1.807, 2.05) is 43.6 Å². The maximum Gasteiger partial charge on any atom is 0.251 e. The van der Waals surface area contributed by atoms with Crippen molar-refractivity contribution in [2.45, 2.75) is 18.9 Å². The Kier molecular flexibility index (Phi) is 4.05. The fourth-order valence-corrected chi connectivity index (χ4v) is 3.30. The minimum Gasteiger partial charge on any atom is -0.356 e. The summed E-state index contributed by atoms with van der Waals surface area (Å²) in [4.78, 5) is 23.3. The zero-order valence-corrected chi connectivity index (χ0v) is 14.1. The minimum atomic E-state index is -0.00395. The van der Waals surface area contributed by atoms with E-state index >= 15 is 0 Å². The molecule has 1 fully saturated rings. The number of benzene rings is 1. The maximum atomic E-state index is 12.3. The summed E-state index contributed by atoms with van der Waals surface area (Å²) in [6.07, 6.45) is 5.19. The minimum absolute atomic E-state index is 0.00395. The number of nitrogens with one attached hydrogen (secondary N) is 1. The standard InChI is InChI=1S/C18H20N6O/c1-23-16-15(11-21-23)17(20-12-19-16)24-9-7-14(8-10-24)22-18(25)13-5-3-2-4-6-13/h2-6,11-12,14H,7-10H2,1H3,(H,22,25). The summed E-state index contributed by atoms with van der Waals surface area (Å²) in [6, 6.07) is 9.54. The first-order valence-electron chi connectivity index (χ1n) is 8.46. The summed E-state index contributed by atoms with van der Waals surface area (Å²) in [5, 5.41) is 8.37. The van der Waals surface area contributed by atoms with Crippen molar-refractivity contribution in [2.24, 2.45) is 7.05 Å². The fourth-order valence-electron chi connectivity index (χ4n) is 3.30. The first-order chi connectivity index (χ1) is 12.2. The van der Waals surface area contributed by atoms with E-state index < -0.39 is 0 Å². The average Bonchev–Trinajstić information content (AvgIpc) is 3.04. The lowest BCUT2D eigenvalue weighted by molar-refractivity contribution is 0.0931.